The van der Waals surface area contributed by atoms with E-state index in [0.717, 1.165) is 58.2 Å². The fraction of sp³-hybridized carbons (Fsp3) is 0.722. The quantitative estimate of drug-likeness (QED) is 0.812. The highest BCUT2D eigenvalue weighted by Gasteiger charge is 2.52. The minimum absolute atomic E-state index is 0.147. The Morgan fingerprint density at radius 3 is 2.96 bits per heavy atom. The number of fused-ring (bicyclic) bond motifs is 1. The molecule has 8 heteroatoms. The maximum atomic E-state index is 13.1. The summed E-state index contributed by atoms with van der Waals surface area (Å²) < 4.78 is 5.64. The number of halogens is 1. The zero-order valence-electron chi connectivity index (χ0n) is 14.9. The number of ether oxygens (including phenoxy) is 1. The van der Waals surface area contributed by atoms with Crippen molar-refractivity contribution in [3.63, 3.8) is 0 Å². The van der Waals surface area contributed by atoms with Gasteiger partial charge in [-0.3, -0.25) is 9.69 Å². The van der Waals surface area contributed by atoms with Gasteiger partial charge in [-0.15, -0.1) is 0 Å². The summed E-state index contributed by atoms with van der Waals surface area (Å²) in [6.45, 7) is 3.23. The largest absolute Gasteiger partial charge is 0.376 e. The van der Waals surface area contributed by atoms with Crippen LogP contribution in [0.2, 0.25) is 5.02 Å². The number of nitrogens with one attached hydrogen (secondary N) is 2. The molecule has 3 fully saturated rings. The second kappa shape index (κ2) is 7.66. The molecule has 7 nitrogen and oxygen atoms in total. The molecule has 4 heterocycles. The van der Waals surface area contributed by atoms with Gasteiger partial charge in [0, 0.05) is 25.7 Å². The topological polar surface area (TPSA) is 79.4 Å². The number of amides is 1. The molecule has 0 saturated carbocycles. The number of carbonyl (C=O) groups is 1. The first-order chi connectivity index (χ1) is 12.7. The summed E-state index contributed by atoms with van der Waals surface area (Å²) in [5, 5.41) is 7.06. The maximum absolute atomic E-state index is 13.1. The lowest BCUT2D eigenvalue weighted by Crippen LogP contribution is -2.58. The lowest BCUT2D eigenvalue weighted by atomic mass is 9.84. The van der Waals surface area contributed by atoms with Crippen LogP contribution in [0.4, 0.5) is 5.95 Å². The van der Waals surface area contributed by atoms with Crippen LogP contribution >= 0.6 is 11.6 Å². The van der Waals surface area contributed by atoms with Crippen LogP contribution in [-0.2, 0) is 9.53 Å². The molecule has 3 saturated heterocycles. The molecule has 2 N–H and O–H groups in total. The van der Waals surface area contributed by atoms with E-state index in [4.69, 9.17) is 16.3 Å². The minimum Gasteiger partial charge on any atom is -0.376 e. The Morgan fingerprint density at radius 2 is 2.19 bits per heavy atom. The molecule has 3 atom stereocenters. The fourth-order valence-corrected chi connectivity index (χ4v) is 4.62. The monoisotopic (exact) mass is 379 g/mol. The van der Waals surface area contributed by atoms with Crippen molar-refractivity contribution in [1.29, 1.82) is 0 Å². The third-order valence-electron chi connectivity index (χ3n) is 5.79. The van der Waals surface area contributed by atoms with Crippen LogP contribution in [-0.4, -0.2) is 64.7 Å². The third kappa shape index (κ3) is 3.66. The van der Waals surface area contributed by atoms with Gasteiger partial charge in [-0.2, -0.15) is 0 Å². The molecule has 0 unspecified atom stereocenters. The summed E-state index contributed by atoms with van der Waals surface area (Å²) in [6.07, 6.45) is 9.39. The highest BCUT2D eigenvalue weighted by atomic mass is 35.5. The molecular formula is C18H26ClN5O2. The molecule has 3 aliphatic rings. The lowest BCUT2D eigenvalue weighted by molar-refractivity contribution is -0.134. The number of hydrogen-bond acceptors (Lipinski definition) is 6. The van der Waals surface area contributed by atoms with Gasteiger partial charge >= 0.3 is 0 Å². The van der Waals surface area contributed by atoms with Crippen molar-refractivity contribution in [3.05, 3.63) is 17.4 Å². The number of carbonyl (C=O) groups excluding carboxylic acids is 1. The van der Waals surface area contributed by atoms with Gasteiger partial charge < -0.3 is 15.4 Å². The Hall–Kier alpha value is -1.44. The Labute approximate surface area is 158 Å². The summed E-state index contributed by atoms with van der Waals surface area (Å²) in [5.74, 6) is 0.711. The average Bonchev–Trinajstić information content (AvgIpc) is 3.29. The van der Waals surface area contributed by atoms with Gasteiger partial charge in [0.25, 0.3) is 0 Å². The standard InChI is InChI=1S/C18H26ClN5O2/c19-13-9-21-17(22-10-13)23-14-8-18(5-1-2-6-24(18)12-14)16(25)20-11-15-4-3-7-26-15/h9-10,14-15H,1-8,11-12H2,(H,20,25)(H,21,22,23)/t14-,15-,18+/m0/s1. The summed E-state index contributed by atoms with van der Waals surface area (Å²) in [5.41, 5.74) is -0.416. The fourth-order valence-electron chi connectivity index (χ4n) is 4.52. The SMILES string of the molecule is O=C(NC[C@@H]1CCCO1)[C@]12CCCCN1C[C@@H](Nc1ncc(Cl)cn1)C2. The molecule has 26 heavy (non-hydrogen) atoms. The van der Waals surface area contributed by atoms with Gasteiger partial charge in [0.1, 0.15) is 5.54 Å². The second-order valence-electron chi connectivity index (χ2n) is 7.55. The van der Waals surface area contributed by atoms with Gasteiger partial charge in [0.15, 0.2) is 0 Å². The third-order valence-corrected chi connectivity index (χ3v) is 5.98. The molecule has 0 spiro atoms. The molecular weight excluding hydrogens is 354 g/mol. The van der Waals surface area contributed by atoms with Crippen molar-refractivity contribution in [2.45, 2.75) is 56.2 Å². The summed E-state index contributed by atoms with van der Waals surface area (Å²) in [4.78, 5) is 23.9. The predicted molar refractivity (Wildman–Crippen MR) is 99.2 cm³/mol. The first kappa shape index (κ1) is 17.9. The van der Waals surface area contributed by atoms with E-state index in [9.17, 15) is 4.79 Å². The molecule has 0 radical (unpaired) electrons. The van der Waals surface area contributed by atoms with Crippen molar-refractivity contribution in [2.75, 3.05) is 31.6 Å². The molecule has 4 rings (SSSR count). The molecule has 1 aromatic heterocycles. The van der Waals surface area contributed by atoms with Crippen LogP contribution in [0.5, 0.6) is 0 Å². The number of aromatic nitrogens is 2. The second-order valence-corrected chi connectivity index (χ2v) is 7.99. The van der Waals surface area contributed by atoms with Gasteiger partial charge in [-0.05, 0) is 45.1 Å². The number of nitrogens with zero attached hydrogens (tertiary/aromatic N) is 3. The first-order valence-corrected chi connectivity index (χ1v) is 9.92. The van der Waals surface area contributed by atoms with Crippen LogP contribution < -0.4 is 10.6 Å². The van der Waals surface area contributed by atoms with E-state index in [1.54, 1.807) is 12.4 Å². The molecule has 3 aliphatic heterocycles. The molecule has 142 valence electrons. The first-order valence-electron chi connectivity index (χ1n) is 9.55. The zero-order valence-corrected chi connectivity index (χ0v) is 15.7. The van der Waals surface area contributed by atoms with Crippen molar-refractivity contribution in [1.82, 2.24) is 20.2 Å². The Balaban J connectivity index is 1.42. The van der Waals surface area contributed by atoms with E-state index in [-0.39, 0.29) is 18.1 Å². The van der Waals surface area contributed by atoms with E-state index in [0.29, 0.717) is 17.5 Å². The number of anilines is 1. The van der Waals surface area contributed by atoms with Crippen LogP contribution in [0.25, 0.3) is 0 Å². The normalized spacial score (nSPS) is 31.6. The predicted octanol–water partition coefficient (Wildman–Crippen LogP) is 1.83. The van der Waals surface area contributed by atoms with Crippen LogP contribution in [0, 0.1) is 0 Å². The summed E-state index contributed by atoms with van der Waals surface area (Å²) in [6, 6.07) is 0.155. The lowest BCUT2D eigenvalue weighted by Gasteiger charge is -2.40. The summed E-state index contributed by atoms with van der Waals surface area (Å²) in [7, 11) is 0. The Bertz CT molecular complexity index is 637. The summed E-state index contributed by atoms with van der Waals surface area (Å²) >= 11 is 5.86. The Morgan fingerprint density at radius 1 is 1.35 bits per heavy atom. The average molecular weight is 380 g/mol. The van der Waals surface area contributed by atoms with E-state index in [2.05, 4.69) is 25.5 Å². The Kier molecular flexibility index (Phi) is 5.29. The molecule has 0 bridgehead atoms. The van der Waals surface area contributed by atoms with E-state index >= 15 is 0 Å². The van der Waals surface area contributed by atoms with Crippen molar-refractivity contribution in [3.8, 4) is 0 Å². The van der Waals surface area contributed by atoms with E-state index in [1.807, 2.05) is 0 Å². The van der Waals surface area contributed by atoms with Gasteiger partial charge in [-0.1, -0.05) is 11.6 Å². The molecule has 0 aromatic carbocycles. The number of piperidine rings is 1. The van der Waals surface area contributed by atoms with Gasteiger partial charge in [0.2, 0.25) is 11.9 Å². The zero-order chi connectivity index (χ0) is 18.0. The highest BCUT2D eigenvalue weighted by Crippen LogP contribution is 2.38. The van der Waals surface area contributed by atoms with E-state index in [1.165, 1.54) is 0 Å². The molecule has 1 amide bonds. The molecule has 1 aromatic rings. The van der Waals surface area contributed by atoms with Gasteiger partial charge in [-0.25, -0.2) is 9.97 Å². The number of rotatable bonds is 5. The minimum atomic E-state index is -0.416. The van der Waals surface area contributed by atoms with E-state index < -0.39 is 5.54 Å². The smallest absolute Gasteiger partial charge is 0.240 e. The van der Waals surface area contributed by atoms with Crippen LogP contribution in [0.1, 0.15) is 38.5 Å². The van der Waals surface area contributed by atoms with Crippen LogP contribution in [0.3, 0.4) is 0 Å². The van der Waals surface area contributed by atoms with Crippen LogP contribution in [0.15, 0.2) is 12.4 Å². The number of hydrogen-bond donors (Lipinski definition) is 2. The van der Waals surface area contributed by atoms with Crippen molar-refractivity contribution < 1.29 is 9.53 Å². The van der Waals surface area contributed by atoms with Gasteiger partial charge in [0.05, 0.1) is 23.5 Å². The maximum Gasteiger partial charge on any atom is 0.240 e. The van der Waals surface area contributed by atoms with Crippen molar-refractivity contribution >= 4 is 23.5 Å². The van der Waals surface area contributed by atoms with Crippen molar-refractivity contribution in [2.24, 2.45) is 0 Å². The highest BCUT2D eigenvalue weighted by molar-refractivity contribution is 6.30. The molecule has 0 aliphatic carbocycles.